The lowest BCUT2D eigenvalue weighted by Gasteiger charge is -2.09. The summed E-state index contributed by atoms with van der Waals surface area (Å²) in [5.41, 5.74) is 7.72. The van der Waals surface area contributed by atoms with Gasteiger partial charge in [0, 0.05) is 16.5 Å². The molecular weight excluding hydrogens is 336 g/mol. The van der Waals surface area contributed by atoms with Crippen LogP contribution in [-0.4, -0.2) is 24.7 Å². The second-order valence-electron chi connectivity index (χ2n) is 5.32. The van der Waals surface area contributed by atoms with Gasteiger partial charge < -0.3 is 15.8 Å². The molecule has 0 bridgehead atoms. The number of carbonyl (C=O) groups excluding carboxylic acids is 2. The zero-order valence-corrected chi connectivity index (χ0v) is 14.9. The van der Waals surface area contributed by atoms with E-state index in [-0.39, 0.29) is 11.7 Å². The summed E-state index contributed by atoms with van der Waals surface area (Å²) in [5.74, 6) is 0.184. The fraction of sp³-hybridized carbons (Fsp3) is 0.158. The molecule has 2 aromatic rings. The molecule has 2 amide bonds. The number of methoxy groups -OCH3 is 1. The molecule has 0 aliphatic carbocycles. The van der Waals surface area contributed by atoms with Crippen LogP contribution >= 0.6 is 11.8 Å². The number of para-hydroxylation sites is 1. The molecule has 130 valence electrons. The summed E-state index contributed by atoms with van der Waals surface area (Å²) in [6.07, 6.45) is 3.16. The van der Waals surface area contributed by atoms with Crippen molar-refractivity contribution in [2.24, 2.45) is 5.73 Å². The second kappa shape index (κ2) is 8.94. The number of thioether (sulfide) groups is 1. The van der Waals surface area contributed by atoms with Crippen LogP contribution in [0.1, 0.15) is 11.1 Å². The fourth-order valence-corrected chi connectivity index (χ4v) is 2.92. The van der Waals surface area contributed by atoms with Gasteiger partial charge >= 0.3 is 0 Å². The molecule has 0 radical (unpaired) electrons. The van der Waals surface area contributed by atoms with Gasteiger partial charge in [0.15, 0.2) is 0 Å². The van der Waals surface area contributed by atoms with Crippen LogP contribution in [0.2, 0.25) is 0 Å². The minimum Gasteiger partial charge on any atom is -0.496 e. The quantitative estimate of drug-likeness (QED) is 0.589. The maximum absolute atomic E-state index is 12.2. The standard InChI is InChI=1S/C19H20N2O3S/c1-13-7-9-16(24-2)14(11-13)8-10-19(23)21-15-5-3-4-6-17(15)25-12-18(20)22/h3-11H,12H2,1-2H3,(H2,20,22)(H,21,23)/b10-8+. The van der Waals surface area contributed by atoms with E-state index in [0.717, 1.165) is 16.0 Å². The van der Waals surface area contributed by atoms with Crippen LogP contribution in [-0.2, 0) is 9.59 Å². The lowest BCUT2D eigenvalue weighted by atomic mass is 10.1. The zero-order chi connectivity index (χ0) is 18.2. The normalized spacial score (nSPS) is 10.6. The van der Waals surface area contributed by atoms with Gasteiger partial charge in [-0.15, -0.1) is 11.8 Å². The van der Waals surface area contributed by atoms with Gasteiger partial charge in [-0.2, -0.15) is 0 Å². The van der Waals surface area contributed by atoms with Crippen molar-refractivity contribution in [3.05, 3.63) is 59.7 Å². The smallest absolute Gasteiger partial charge is 0.248 e. The number of ether oxygens (including phenoxy) is 1. The van der Waals surface area contributed by atoms with E-state index in [4.69, 9.17) is 10.5 Å². The lowest BCUT2D eigenvalue weighted by Crippen LogP contribution is -2.13. The average molecular weight is 356 g/mol. The highest BCUT2D eigenvalue weighted by Gasteiger charge is 2.07. The Bertz CT molecular complexity index is 803. The van der Waals surface area contributed by atoms with Crippen molar-refractivity contribution >= 4 is 35.3 Å². The molecule has 0 aliphatic heterocycles. The number of primary amides is 1. The third kappa shape index (κ3) is 5.69. The van der Waals surface area contributed by atoms with Crippen molar-refractivity contribution < 1.29 is 14.3 Å². The second-order valence-corrected chi connectivity index (χ2v) is 6.34. The van der Waals surface area contributed by atoms with Crippen molar-refractivity contribution in [3.63, 3.8) is 0 Å². The number of amides is 2. The number of nitrogens with one attached hydrogen (secondary N) is 1. The summed E-state index contributed by atoms with van der Waals surface area (Å²) in [7, 11) is 1.59. The van der Waals surface area contributed by atoms with Crippen LogP contribution in [0, 0.1) is 6.92 Å². The Hall–Kier alpha value is -2.73. The minimum absolute atomic E-state index is 0.156. The molecule has 25 heavy (non-hydrogen) atoms. The Morgan fingerprint density at radius 1 is 1.24 bits per heavy atom. The molecule has 2 rings (SSSR count). The number of carbonyl (C=O) groups is 2. The summed E-state index contributed by atoms with van der Waals surface area (Å²) >= 11 is 1.29. The van der Waals surface area contributed by atoms with Gasteiger partial charge in [0.1, 0.15) is 5.75 Å². The van der Waals surface area contributed by atoms with Gasteiger partial charge in [0.05, 0.1) is 18.6 Å². The van der Waals surface area contributed by atoms with E-state index in [0.29, 0.717) is 11.4 Å². The predicted octanol–water partition coefficient (Wildman–Crippen LogP) is 3.23. The number of benzene rings is 2. The monoisotopic (exact) mass is 356 g/mol. The van der Waals surface area contributed by atoms with Crippen LogP contribution in [0.15, 0.2) is 53.4 Å². The van der Waals surface area contributed by atoms with Gasteiger partial charge in [0.2, 0.25) is 11.8 Å². The van der Waals surface area contributed by atoms with E-state index < -0.39 is 5.91 Å². The van der Waals surface area contributed by atoms with E-state index in [9.17, 15) is 9.59 Å². The lowest BCUT2D eigenvalue weighted by molar-refractivity contribution is -0.115. The summed E-state index contributed by atoms with van der Waals surface area (Å²) in [6, 6.07) is 13.0. The predicted molar refractivity (Wildman–Crippen MR) is 102 cm³/mol. The molecule has 3 N–H and O–H groups in total. The Balaban J connectivity index is 2.10. The molecule has 0 aromatic heterocycles. The SMILES string of the molecule is COc1ccc(C)cc1/C=C/C(=O)Nc1ccccc1SCC(N)=O. The molecule has 0 spiro atoms. The maximum Gasteiger partial charge on any atom is 0.248 e. The molecule has 0 heterocycles. The van der Waals surface area contributed by atoms with E-state index in [1.165, 1.54) is 17.8 Å². The highest BCUT2D eigenvalue weighted by atomic mass is 32.2. The molecule has 0 unspecified atom stereocenters. The van der Waals surface area contributed by atoms with Crippen LogP contribution in [0.3, 0.4) is 0 Å². The van der Waals surface area contributed by atoms with Crippen molar-refractivity contribution in [1.82, 2.24) is 0 Å². The van der Waals surface area contributed by atoms with Gasteiger partial charge in [-0.3, -0.25) is 9.59 Å². The zero-order valence-electron chi connectivity index (χ0n) is 14.1. The minimum atomic E-state index is -0.405. The first-order valence-electron chi connectivity index (χ1n) is 7.63. The molecule has 0 fully saturated rings. The first-order valence-corrected chi connectivity index (χ1v) is 8.62. The fourth-order valence-electron chi connectivity index (χ4n) is 2.17. The Labute approximate surface area is 151 Å². The van der Waals surface area contributed by atoms with Crippen molar-refractivity contribution in [1.29, 1.82) is 0 Å². The van der Waals surface area contributed by atoms with Crippen molar-refractivity contribution in [3.8, 4) is 5.75 Å². The molecule has 2 aromatic carbocycles. The number of hydrogen-bond donors (Lipinski definition) is 2. The first kappa shape index (κ1) is 18.6. The molecular formula is C19H20N2O3S. The number of aryl methyl sites for hydroxylation is 1. The molecule has 0 atom stereocenters. The van der Waals surface area contributed by atoms with Gasteiger partial charge in [0.25, 0.3) is 0 Å². The van der Waals surface area contributed by atoms with Crippen molar-refractivity contribution in [2.45, 2.75) is 11.8 Å². The summed E-state index contributed by atoms with van der Waals surface area (Å²) in [6.45, 7) is 1.98. The van der Waals surface area contributed by atoms with Crippen LogP contribution in [0.5, 0.6) is 5.75 Å². The average Bonchev–Trinajstić information content (AvgIpc) is 2.59. The van der Waals surface area contributed by atoms with Crippen molar-refractivity contribution in [2.75, 3.05) is 18.2 Å². The molecule has 0 aliphatic rings. The Morgan fingerprint density at radius 2 is 2.00 bits per heavy atom. The van der Waals surface area contributed by atoms with E-state index >= 15 is 0 Å². The van der Waals surface area contributed by atoms with Gasteiger partial charge in [-0.05, 0) is 37.3 Å². The number of nitrogens with two attached hydrogens (primary N) is 1. The Morgan fingerprint density at radius 3 is 2.72 bits per heavy atom. The number of rotatable bonds is 7. The van der Waals surface area contributed by atoms with E-state index in [2.05, 4.69) is 5.32 Å². The maximum atomic E-state index is 12.2. The Kier molecular flexibility index (Phi) is 6.65. The van der Waals surface area contributed by atoms with Gasteiger partial charge in [-0.25, -0.2) is 0 Å². The largest absolute Gasteiger partial charge is 0.496 e. The topological polar surface area (TPSA) is 81.4 Å². The summed E-state index contributed by atoms with van der Waals surface area (Å²) in [4.78, 5) is 24.0. The first-order chi connectivity index (χ1) is 12.0. The number of hydrogen-bond acceptors (Lipinski definition) is 4. The third-order valence-electron chi connectivity index (χ3n) is 3.31. The summed E-state index contributed by atoms with van der Waals surface area (Å²) in [5, 5.41) is 2.82. The van der Waals surface area contributed by atoms with Crippen LogP contribution in [0.4, 0.5) is 5.69 Å². The molecule has 0 saturated heterocycles. The molecule has 5 nitrogen and oxygen atoms in total. The third-order valence-corrected chi connectivity index (χ3v) is 4.41. The molecule has 0 saturated carbocycles. The summed E-state index contributed by atoms with van der Waals surface area (Å²) < 4.78 is 5.29. The number of anilines is 1. The van der Waals surface area contributed by atoms with E-state index in [1.807, 2.05) is 43.3 Å². The van der Waals surface area contributed by atoms with Gasteiger partial charge in [-0.1, -0.05) is 23.8 Å². The highest BCUT2D eigenvalue weighted by molar-refractivity contribution is 8.00. The van der Waals surface area contributed by atoms with Crippen LogP contribution < -0.4 is 15.8 Å². The van der Waals surface area contributed by atoms with Crippen LogP contribution in [0.25, 0.3) is 6.08 Å². The highest BCUT2D eigenvalue weighted by Crippen LogP contribution is 2.27. The molecule has 6 heteroatoms. The van der Waals surface area contributed by atoms with E-state index in [1.54, 1.807) is 19.3 Å².